The summed E-state index contributed by atoms with van der Waals surface area (Å²) in [6.07, 6.45) is 2.27. The summed E-state index contributed by atoms with van der Waals surface area (Å²) in [4.78, 5) is 11.9. The van der Waals surface area contributed by atoms with Crippen LogP contribution in [0.5, 0.6) is 0 Å². The standard InChI is InChI=1S/C13H21N3O3/c1-3-19-12-9-18-8-11(12)14-13(17)5-7-16-6-4-10(2)15-16/h4,6,11-12H,3,5,7-9H2,1-2H3,(H,14,17)/t11-,12-/m0/s1. The summed E-state index contributed by atoms with van der Waals surface area (Å²) >= 11 is 0. The molecule has 0 aromatic carbocycles. The Kier molecular flexibility index (Phi) is 4.93. The molecule has 106 valence electrons. The molecule has 1 fully saturated rings. The van der Waals surface area contributed by atoms with Gasteiger partial charge >= 0.3 is 0 Å². The Morgan fingerprint density at radius 2 is 2.47 bits per heavy atom. The van der Waals surface area contributed by atoms with Gasteiger partial charge in [0.2, 0.25) is 5.91 Å². The van der Waals surface area contributed by atoms with E-state index in [0.717, 1.165) is 5.69 Å². The third-order valence-electron chi connectivity index (χ3n) is 3.10. The van der Waals surface area contributed by atoms with E-state index in [0.29, 0.717) is 32.8 Å². The summed E-state index contributed by atoms with van der Waals surface area (Å²) in [6.45, 7) is 6.17. The van der Waals surface area contributed by atoms with Crippen LogP contribution in [-0.2, 0) is 20.8 Å². The van der Waals surface area contributed by atoms with Crippen molar-refractivity contribution in [3.05, 3.63) is 18.0 Å². The molecule has 2 heterocycles. The molecule has 2 atom stereocenters. The van der Waals surface area contributed by atoms with E-state index in [1.54, 1.807) is 4.68 Å². The molecule has 0 radical (unpaired) electrons. The fraction of sp³-hybridized carbons (Fsp3) is 0.692. The lowest BCUT2D eigenvalue weighted by Gasteiger charge is -2.18. The lowest BCUT2D eigenvalue weighted by atomic mass is 10.2. The van der Waals surface area contributed by atoms with Gasteiger partial charge in [0.05, 0.1) is 24.9 Å². The molecule has 1 aromatic heterocycles. The first-order chi connectivity index (χ1) is 9.19. The van der Waals surface area contributed by atoms with Crippen molar-refractivity contribution in [2.45, 2.75) is 39.0 Å². The molecule has 1 saturated heterocycles. The average molecular weight is 267 g/mol. The average Bonchev–Trinajstić information content (AvgIpc) is 2.97. The highest BCUT2D eigenvalue weighted by Crippen LogP contribution is 2.10. The van der Waals surface area contributed by atoms with Crippen molar-refractivity contribution in [1.29, 1.82) is 0 Å². The first kappa shape index (κ1) is 14.0. The molecule has 6 nitrogen and oxygen atoms in total. The molecule has 6 heteroatoms. The lowest BCUT2D eigenvalue weighted by Crippen LogP contribution is -2.44. The lowest BCUT2D eigenvalue weighted by molar-refractivity contribution is -0.122. The number of aryl methyl sites for hydroxylation is 2. The molecule has 1 aliphatic heterocycles. The van der Waals surface area contributed by atoms with E-state index in [2.05, 4.69) is 10.4 Å². The van der Waals surface area contributed by atoms with E-state index in [-0.39, 0.29) is 18.1 Å². The number of rotatable bonds is 6. The Hall–Kier alpha value is -1.40. The van der Waals surface area contributed by atoms with Crippen molar-refractivity contribution in [2.24, 2.45) is 0 Å². The second kappa shape index (κ2) is 6.68. The Morgan fingerprint density at radius 3 is 3.16 bits per heavy atom. The van der Waals surface area contributed by atoms with Gasteiger partial charge in [0, 0.05) is 25.8 Å². The van der Waals surface area contributed by atoms with Crippen LogP contribution in [-0.4, -0.2) is 47.7 Å². The predicted octanol–water partition coefficient (Wildman–Crippen LogP) is 0.502. The van der Waals surface area contributed by atoms with E-state index in [1.807, 2.05) is 26.1 Å². The molecule has 0 bridgehead atoms. The largest absolute Gasteiger partial charge is 0.376 e. The van der Waals surface area contributed by atoms with Crippen LogP contribution in [0.1, 0.15) is 19.0 Å². The Labute approximate surface area is 113 Å². The number of carbonyl (C=O) groups is 1. The first-order valence-electron chi connectivity index (χ1n) is 6.68. The summed E-state index contributed by atoms with van der Waals surface area (Å²) in [5, 5.41) is 7.21. The van der Waals surface area contributed by atoms with E-state index in [9.17, 15) is 4.79 Å². The van der Waals surface area contributed by atoms with Crippen LogP contribution in [0.15, 0.2) is 12.3 Å². The SMILES string of the molecule is CCO[C@H]1COC[C@@H]1NC(=O)CCn1ccc(C)n1. The quantitative estimate of drug-likeness (QED) is 0.815. The van der Waals surface area contributed by atoms with Gasteiger partial charge in [-0.25, -0.2) is 0 Å². The molecule has 1 amide bonds. The minimum Gasteiger partial charge on any atom is -0.376 e. The zero-order valence-electron chi connectivity index (χ0n) is 11.5. The monoisotopic (exact) mass is 267 g/mol. The molecule has 1 aliphatic rings. The van der Waals surface area contributed by atoms with Crippen LogP contribution in [0.3, 0.4) is 0 Å². The minimum atomic E-state index is -0.0354. The van der Waals surface area contributed by atoms with Crippen LogP contribution < -0.4 is 5.32 Å². The van der Waals surface area contributed by atoms with Crippen LogP contribution in [0, 0.1) is 6.92 Å². The minimum absolute atomic E-state index is 0.00774. The first-order valence-corrected chi connectivity index (χ1v) is 6.68. The molecule has 2 rings (SSSR count). The molecule has 19 heavy (non-hydrogen) atoms. The number of nitrogens with zero attached hydrogens (tertiary/aromatic N) is 2. The number of amides is 1. The normalized spacial score (nSPS) is 22.6. The Balaban J connectivity index is 1.74. The van der Waals surface area contributed by atoms with E-state index in [4.69, 9.17) is 9.47 Å². The number of hydrogen-bond acceptors (Lipinski definition) is 4. The Morgan fingerprint density at radius 1 is 1.63 bits per heavy atom. The van der Waals surface area contributed by atoms with Gasteiger partial charge in [0.15, 0.2) is 0 Å². The van der Waals surface area contributed by atoms with Crippen molar-refractivity contribution < 1.29 is 14.3 Å². The highest BCUT2D eigenvalue weighted by Gasteiger charge is 2.29. The van der Waals surface area contributed by atoms with Crippen LogP contribution in [0.4, 0.5) is 0 Å². The fourth-order valence-electron chi connectivity index (χ4n) is 2.13. The topological polar surface area (TPSA) is 65.4 Å². The number of hydrogen-bond donors (Lipinski definition) is 1. The maximum absolute atomic E-state index is 11.9. The zero-order valence-corrected chi connectivity index (χ0v) is 11.5. The highest BCUT2D eigenvalue weighted by molar-refractivity contribution is 5.76. The highest BCUT2D eigenvalue weighted by atomic mass is 16.5. The third-order valence-corrected chi connectivity index (χ3v) is 3.10. The van der Waals surface area contributed by atoms with E-state index in [1.165, 1.54) is 0 Å². The summed E-state index contributed by atoms with van der Waals surface area (Å²) in [5.74, 6) is 0.00774. The molecule has 0 aliphatic carbocycles. The van der Waals surface area contributed by atoms with Gasteiger partial charge in [-0.3, -0.25) is 9.48 Å². The zero-order chi connectivity index (χ0) is 13.7. The van der Waals surface area contributed by atoms with Crippen molar-refractivity contribution in [3.8, 4) is 0 Å². The smallest absolute Gasteiger partial charge is 0.222 e. The van der Waals surface area contributed by atoms with Crippen molar-refractivity contribution in [2.75, 3.05) is 19.8 Å². The fourth-order valence-corrected chi connectivity index (χ4v) is 2.13. The number of carbonyl (C=O) groups excluding carboxylic acids is 1. The Bertz CT molecular complexity index is 419. The molecule has 0 saturated carbocycles. The van der Waals surface area contributed by atoms with Gasteiger partial charge in [-0.15, -0.1) is 0 Å². The van der Waals surface area contributed by atoms with Gasteiger partial charge in [0.1, 0.15) is 6.10 Å². The van der Waals surface area contributed by atoms with Gasteiger partial charge in [0.25, 0.3) is 0 Å². The van der Waals surface area contributed by atoms with E-state index >= 15 is 0 Å². The summed E-state index contributed by atoms with van der Waals surface area (Å²) in [7, 11) is 0. The second-order valence-electron chi connectivity index (χ2n) is 4.68. The maximum Gasteiger partial charge on any atom is 0.222 e. The van der Waals surface area contributed by atoms with Crippen LogP contribution in [0.25, 0.3) is 0 Å². The molecular weight excluding hydrogens is 246 g/mol. The summed E-state index contributed by atoms with van der Waals surface area (Å²) in [5.41, 5.74) is 0.959. The van der Waals surface area contributed by atoms with Gasteiger partial charge in [-0.1, -0.05) is 0 Å². The van der Waals surface area contributed by atoms with Crippen LogP contribution in [0.2, 0.25) is 0 Å². The third kappa shape index (κ3) is 4.04. The molecular formula is C13H21N3O3. The molecule has 0 spiro atoms. The van der Waals surface area contributed by atoms with Crippen molar-refractivity contribution >= 4 is 5.91 Å². The predicted molar refractivity (Wildman–Crippen MR) is 69.7 cm³/mol. The van der Waals surface area contributed by atoms with Crippen LogP contribution >= 0.6 is 0 Å². The van der Waals surface area contributed by atoms with Gasteiger partial charge < -0.3 is 14.8 Å². The molecule has 1 aromatic rings. The number of ether oxygens (including phenoxy) is 2. The van der Waals surface area contributed by atoms with Gasteiger partial charge in [-0.2, -0.15) is 5.10 Å². The summed E-state index contributed by atoms with van der Waals surface area (Å²) in [6, 6.07) is 1.89. The van der Waals surface area contributed by atoms with Crippen molar-refractivity contribution in [1.82, 2.24) is 15.1 Å². The maximum atomic E-state index is 11.9. The second-order valence-corrected chi connectivity index (χ2v) is 4.68. The van der Waals surface area contributed by atoms with E-state index < -0.39 is 0 Å². The number of aromatic nitrogens is 2. The van der Waals surface area contributed by atoms with Gasteiger partial charge in [-0.05, 0) is 19.9 Å². The number of nitrogens with one attached hydrogen (secondary N) is 1. The summed E-state index contributed by atoms with van der Waals surface area (Å²) < 4.78 is 12.6. The molecule has 0 unspecified atom stereocenters. The van der Waals surface area contributed by atoms with Crippen molar-refractivity contribution in [3.63, 3.8) is 0 Å². The molecule has 1 N–H and O–H groups in total.